The Bertz CT molecular complexity index is 627. The van der Waals surface area contributed by atoms with Gasteiger partial charge in [0.15, 0.2) is 5.13 Å². The van der Waals surface area contributed by atoms with Crippen LogP contribution in [0.2, 0.25) is 0 Å². The van der Waals surface area contributed by atoms with E-state index >= 15 is 0 Å². The van der Waals surface area contributed by atoms with Crippen molar-refractivity contribution in [2.24, 2.45) is 0 Å². The third kappa shape index (κ3) is 3.85. The summed E-state index contributed by atoms with van der Waals surface area (Å²) < 4.78 is 5.35. The van der Waals surface area contributed by atoms with E-state index in [0.717, 1.165) is 34.4 Å². The molecule has 1 fully saturated rings. The Morgan fingerprint density at radius 2 is 1.95 bits per heavy atom. The van der Waals surface area contributed by atoms with Crippen molar-refractivity contribution in [2.75, 3.05) is 31.2 Å². The van der Waals surface area contributed by atoms with E-state index in [1.807, 2.05) is 30.3 Å². The summed E-state index contributed by atoms with van der Waals surface area (Å²) in [5, 5.41) is 9.99. The number of hydrogen-bond donors (Lipinski definition) is 1. The van der Waals surface area contributed by atoms with E-state index in [4.69, 9.17) is 9.84 Å². The van der Waals surface area contributed by atoms with E-state index in [2.05, 4.69) is 9.88 Å². The maximum atomic E-state index is 11.1. The number of carbonyl (C=O) groups is 1. The molecule has 22 heavy (non-hydrogen) atoms. The van der Waals surface area contributed by atoms with Gasteiger partial charge in [-0.3, -0.25) is 4.79 Å². The average Bonchev–Trinajstić information content (AvgIpc) is 2.92. The molecule has 0 radical (unpaired) electrons. The minimum Gasteiger partial charge on any atom is -0.481 e. The van der Waals surface area contributed by atoms with Crippen LogP contribution in [0.1, 0.15) is 4.88 Å². The Balaban J connectivity index is 0.00000176. The number of benzene rings is 1. The number of halogens is 1. The van der Waals surface area contributed by atoms with Crippen molar-refractivity contribution in [2.45, 2.75) is 6.42 Å². The molecule has 0 amide bonds. The number of morpholine rings is 1. The normalized spacial score (nSPS) is 14.5. The average molecular weight is 385 g/mol. The van der Waals surface area contributed by atoms with Crippen LogP contribution in [0, 0.1) is 0 Å². The fraction of sp³-hybridized carbons (Fsp3) is 0.333. The van der Waals surface area contributed by atoms with Gasteiger partial charge in [0.1, 0.15) is 0 Å². The van der Waals surface area contributed by atoms with Crippen molar-refractivity contribution in [3.05, 3.63) is 35.2 Å². The third-order valence-electron chi connectivity index (χ3n) is 3.33. The number of carboxylic acids is 1. The van der Waals surface area contributed by atoms with Gasteiger partial charge in [-0.2, -0.15) is 0 Å². The molecule has 0 spiro atoms. The SMILES string of the molecule is Br.O=C(O)Cc1sc(N2CCOCC2)nc1-c1ccccc1. The van der Waals surface area contributed by atoms with Gasteiger partial charge >= 0.3 is 5.97 Å². The summed E-state index contributed by atoms with van der Waals surface area (Å²) in [5.41, 5.74) is 1.74. The van der Waals surface area contributed by atoms with Gasteiger partial charge in [-0.1, -0.05) is 30.3 Å². The van der Waals surface area contributed by atoms with E-state index in [1.165, 1.54) is 11.3 Å². The van der Waals surface area contributed by atoms with E-state index in [0.29, 0.717) is 13.2 Å². The van der Waals surface area contributed by atoms with Crippen molar-refractivity contribution < 1.29 is 14.6 Å². The number of rotatable bonds is 4. The molecule has 0 atom stereocenters. The van der Waals surface area contributed by atoms with Crippen LogP contribution in [0.25, 0.3) is 11.3 Å². The third-order valence-corrected chi connectivity index (χ3v) is 4.44. The fourth-order valence-corrected chi connectivity index (χ4v) is 3.43. The zero-order chi connectivity index (χ0) is 14.7. The van der Waals surface area contributed by atoms with Gasteiger partial charge in [-0.25, -0.2) is 4.98 Å². The van der Waals surface area contributed by atoms with Crippen LogP contribution in [0.5, 0.6) is 0 Å². The lowest BCUT2D eigenvalue weighted by molar-refractivity contribution is -0.136. The molecule has 2 heterocycles. The number of anilines is 1. The molecule has 1 aromatic heterocycles. The molecule has 1 saturated heterocycles. The van der Waals surface area contributed by atoms with E-state index in [-0.39, 0.29) is 23.4 Å². The molecule has 0 saturated carbocycles. The van der Waals surface area contributed by atoms with Gasteiger partial charge in [0.05, 0.1) is 25.3 Å². The van der Waals surface area contributed by atoms with Crippen LogP contribution < -0.4 is 4.90 Å². The van der Waals surface area contributed by atoms with E-state index in [9.17, 15) is 4.79 Å². The number of aliphatic carboxylic acids is 1. The highest BCUT2D eigenvalue weighted by Crippen LogP contribution is 2.33. The highest BCUT2D eigenvalue weighted by Gasteiger charge is 2.20. The van der Waals surface area contributed by atoms with Gasteiger partial charge < -0.3 is 14.7 Å². The maximum Gasteiger partial charge on any atom is 0.308 e. The number of thiazole rings is 1. The summed E-state index contributed by atoms with van der Waals surface area (Å²) in [6.07, 6.45) is 0.00618. The summed E-state index contributed by atoms with van der Waals surface area (Å²) in [7, 11) is 0. The number of ether oxygens (including phenoxy) is 1. The van der Waals surface area contributed by atoms with Crippen LogP contribution >= 0.6 is 28.3 Å². The molecular weight excluding hydrogens is 368 g/mol. The summed E-state index contributed by atoms with van der Waals surface area (Å²) in [6.45, 7) is 2.98. The Hall–Kier alpha value is -1.44. The minimum atomic E-state index is -0.829. The molecular formula is C15H17BrN2O3S. The Labute approximate surface area is 143 Å². The molecule has 7 heteroatoms. The van der Waals surface area contributed by atoms with E-state index in [1.54, 1.807) is 0 Å². The molecule has 0 unspecified atom stereocenters. The molecule has 1 N–H and O–H groups in total. The Morgan fingerprint density at radius 3 is 2.59 bits per heavy atom. The van der Waals surface area contributed by atoms with Gasteiger partial charge in [-0.05, 0) is 0 Å². The predicted molar refractivity (Wildman–Crippen MR) is 92.2 cm³/mol. The predicted octanol–water partition coefficient (Wildman–Crippen LogP) is 2.85. The molecule has 0 bridgehead atoms. The maximum absolute atomic E-state index is 11.1. The summed E-state index contributed by atoms with van der Waals surface area (Å²) in [6, 6.07) is 9.74. The molecule has 1 aromatic carbocycles. The molecule has 1 aliphatic rings. The summed E-state index contributed by atoms with van der Waals surface area (Å²) in [4.78, 5) is 18.7. The highest BCUT2D eigenvalue weighted by molar-refractivity contribution is 8.93. The lowest BCUT2D eigenvalue weighted by Gasteiger charge is -2.26. The summed E-state index contributed by atoms with van der Waals surface area (Å²) in [5.74, 6) is -0.829. The number of nitrogens with zero attached hydrogens (tertiary/aromatic N) is 2. The molecule has 1 aliphatic heterocycles. The second kappa shape index (κ2) is 7.71. The summed E-state index contributed by atoms with van der Waals surface area (Å²) >= 11 is 1.47. The minimum absolute atomic E-state index is 0. The van der Waals surface area contributed by atoms with E-state index < -0.39 is 5.97 Å². The monoisotopic (exact) mass is 384 g/mol. The number of hydrogen-bond acceptors (Lipinski definition) is 5. The quantitative estimate of drug-likeness (QED) is 0.877. The van der Waals surface area contributed by atoms with Crippen molar-refractivity contribution in [1.29, 1.82) is 0 Å². The van der Waals surface area contributed by atoms with Gasteiger partial charge in [0.2, 0.25) is 0 Å². The van der Waals surface area contributed by atoms with Crippen LogP contribution in [-0.4, -0.2) is 42.4 Å². The Kier molecular flexibility index (Phi) is 5.93. The smallest absolute Gasteiger partial charge is 0.308 e. The molecule has 118 valence electrons. The van der Waals surface area contributed by atoms with Crippen LogP contribution in [0.4, 0.5) is 5.13 Å². The van der Waals surface area contributed by atoms with Gasteiger partial charge in [0, 0.05) is 23.5 Å². The number of aromatic nitrogens is 1. The zero-order valence-corrected chi connectivity index (χ0v) is 14.4. The Morgan fingerprint density at radius 1 is 1.27 bits per heavy atom. The first-order valence-corrected chi connectivity index (χ1v) is 7.65. The first-order valence-electron chi connectivity index (χ1n) is 6.83. The second-order valence-electron chi connectivity index (χ2n) is 4.80. The lowest BCUT2D eigenvalue weighted by atomic mass is 10.1. The van der Waals surface area contributed by atoms with Crippen molar-refractivity contribution >= 4 is 39.4 Å². The molecule has 0 aliphatic carbocycles. The van der Waals surface area contributed by atoms with Crippen LogP contribution in [-0.2, 0) is 16.0 Å². The van der Waals surface area contributed by atoms with Gasteiger partial charge in [-0.15, -0.1) is 28.3 Å². The largest absolute Gasteiger partial charge is 0.481 e. The van der Waals surface area contributed by atoms with Gasteiger partial charge in [0.25, 0.3) is 0 Å². The van der Waals surface area contributed by atoms with Crippen molar-refractivity contribution in [1.82, 2.24) is 4.98 Å². The fourth-order valence-electron chi connectivity index (χ4n) is 2.31. The molecule has 3 rings (SSSR count). The first-order chi connectivity index (χ1) is 10.2. The zero-order valence-electron chi connectivity index (χ0n) is 11.9. The second-order valence-corrected chi connectivity index (χ2v) is 5.87. The van der Waals surface area contributed by atoms with Crippen LogP contribution in [0.15, 0.2) is 30.3 Å². The van der Waals surface area contributed by atoms with Crippen molar-refractivity contribution in [3.63, 3.8) is 0 Å². The topological polar surface area (TPSA) is 62.7 Å². The number of carboxylic acid groups (broad SMARTS) is 1. The molecule has 2 aromatic rings. The molecule has 5 nitrogen and oxygen atoms in total. The standard InChI is InChI=1S/C15H16N2O3S.BrH/c18-13(19)10-12-14(11-4-2-1-3-5-11)16-15(21-12)17-6-8-20-9-7-17;/h1-5H,6-10H2,(H,18,19);1H. The lowest BCUT2D eigenvalue weighted by Crippen LogP contribution is -2.36. The first kappa shape index (κ1) is 16.9. The highest BCUT2D eigenvalue weighted by atomic mass is 79.9. The van der Waals surface area contributed by atoms with Crippen molar-refractivity contribution in [3.8, 4) is 11.3 Å². The van der Waals surface area contributed by atoms with Crippen LogP contribution in [0.3, 0.4) is 0 Å².